The number of nitrogens with zero attached hydrogens (tertiary/aromatic N) is 3. The fourth-order valence-corrected chi connectivity index (χ4v) is 2.30. The van der Waals surface area contributed by atoms with Gasteiger partial charge in [0.2, 0.25) is 0 Å². The summed E-state index contributed by atoms with van der Waals surface area (Å²) in [6.07, 6.45) is 3.27. The maximum Gasteiger partial charge on any atom is 0.339 e. The zero-order chi connectivity index (χ0) is 14.9. The maximum atomic E-state index is 11.6. The van der Waals surface area contributed by atoms with Crippen LogP contribution in [-0.4, -0.2) is 33.9 Å². The van der Waals surface area contributed by atoms with Gasteiger partial charge in [-0.15, -0.1) is 5.10 Å². The predicted octanol–water partition coefficient (Wildman–Crippen LogP) is 2.81. The molecule has 0 saturated heterocycles. The molecule has 0 atom stereocenters. The largest absolute Gasteiger partial charge is 0.478 e. The lowest BCUT2D eigenvalue weighted by atomic mass is 10.1. The van der Waals surface area contributed by atoms with Gasteiger partial charge in [-0.05, 0) is 44.6 Å². The van der Waals surface area contributed by atoms with E-state index in [9.17, 15) is 9.90 Å². The van der Waals surface area contributed by atoms with Gasteiger partial charge < -0.3 is 10.0 Å². The van der Waals surface area contributed by atoms with Crippen LogP contribution in [-0.2, 0) is 0 Å². The molecule has 0 unspecified atom stereocenters. The number of carbonyl (C=O) groups is 1. The molecule has 1 aromatic rings. The van der Waals surface area contributed by atoms with Gasteiger partial charge >= 0.3 is 5.97 Å². The molecule has 0 spiro atoms. The molecule has 0 bridgehead atoms. The van der Waals surface area contributed by atoms with Crippen molar-refractivity contribution in [2.75, 3.05) is 11.4 Å². The summed E-state index contributed by atoms with van der Waals surface area (Å²) in [4.78, 5) is 13.7. The van der Waals surface area contributed by atoms with Crippen LogP contribution in [0.5, 0.6) is 0 Å². The summed E-state index contributed by atoms with van der Waals surface area (Å²) >= 11 is 0. The zero-order valence-corrected chi connectivity index (χ0v) is 12.7. The smallest absolute Gasteiger partial charge is 0.339 e. The first-order valence-electron chi connectivity index (χ1n) is 7.25. The molecule has 1 aliphatic carbocycles. The van der Waals surface area contributed by atoms with Crippen LogP contribution in [0.2, 0.25) is 0 Å². The molecule has 5 heteroatoms. The number of aromatic carboxylic acids is 1. The Morgan fingerprint density at radius 3 is 2.50 bits per heavy atom. The Balaban J connectivity index is 2.37. The zero-order valence-electron chi connectivity index (χ0n) is 12.7. The van der Waals surface area contributed by atoms with Crippen LogP contribution in [0.4, 0.5) is 5.82 Å². The van der Waals surface area contributed by atoms with Gasteiger partial charge in [-0.1, -0.05) is 13.8 Å². The van der Waals surface area contributed by atoms with Crippen molar-refractivity contribution in [1.82, 2.24) is 10.2 Å². The van der Waals surface area contributed by atoms with Crippen molar-refractivity contribution in [1.29, 1.82) is 0 Å². The lowest BCUT2D eigenvalue weighted by Crippen LogP contribution is -2.31. The first-order valence-corrected chi connectivity index (χ1v) is 7.25. The van der Waals surface area contributed by atoms with E-state index in [-0.39, 0.29) is 0 Å². The minimum atomic E-state index is -0.911. The molecule has 1 heterocycles. The highest BCUT2D eigenvalue weighted by Crippen LogP contribution is 2.34. The molecule has 2 rings (SSSR count). The van der Waals surface area contributed by atoms with Crippen LogP contribution in [0.25, 0.3) is 0 Å². The minimum Gasteiger partial charge on any atom is -0.478 e. The van der Waals surface area contributed by atoms with Gasteiger partial charge in [-0.25, -0.2) is 4.79 Å². The highest BCUT2D eigenvalue weighted by molar-refractivity contribution is 5.95. The summed E-state index contributed by atoms with van der Waals surface area (Å²) < 4.78 is 0. The van der Waals surface area contributed by atoms with E-state index in [4.69, 9.17) is 0 Å². The topological polar surface area (TPSA) is 66.3 Å². The Hall–Kier alpha value is -1.65. The molecule has 0 aromatic carbocycles. The van der Waals surface area contributed by atoms with Gasteiger partial charge in [-0.3, -0.25) is 0 Å². The summed E-state index contributed by atoms with van der Waals surface area (Å²) in [6.45, 7) is 8.81. The highest BCUT2D eigenvalue weighted by Gasteiger charge is 2.33. The third kappa shape index (κ3) is 3.08. The summed E-state index contributed by atoms with van der Waals surface area (Å²) in [6, 6.07) is 0.434. The van der Waals surface area contributed by atoms with Gasteiger partial charge in [-0.2, -0.15) is 5.10 Å². The average Bonchev–Trinajstić information content (AvgIpc) is 3.17. The highest BCUT2D eigenvalue weighted by atomic mass is 16.4. The fraction of sp³-hybridized carbons (Fsp3) is 0.667. The van der Waals surface area contributed by atoms with Crippen LogP contribution in [0.1, 0.15) is 54.7 Å². The summed E-state index contributed by atoms with van der Waals surface area (Å²) in [5.41, 5.74) is 1.72. The van der Waals surface area contributed by atoms with Crippen molar-refractivity contribution >= 4 is 11.8 Å². The number of carboxylic acid groups (broad SMARTS) is 1. The quantitative estimate of drug-likeness (QED) is 0.866. The van der Waals surface area contributed by atoms with Crippen LogP contribution < -0.4 is 4.90 Å². The number of hydrogen-bond donors (Lipinski definition) is 1. The fourth-order valence-electron chi connectivity index (χ4n) is 2.30. The van der Waals surface area contributed by atoms with E-state index in [2.05, 4.69) is 28.9 Å². The number of hydrogen-bond acceptors (Lipinski definition) is 4. The standard InChI is InChI=1S/C15H23N3O2/c1-9(2)7-8-18(12-5-6-12)14-13(15(19)20)10(3)11(4)16-17-14/h9,12H,5-8H2,1-4H3,(H,19,20). The summed E-state index contributed by atoms with van der Waals surface area (Å²) in [5, 5.41) is 17.8. The Labute approximate surface area is 120 Å². The molecule has 1 saturated carbocycles. The van der Waals surface area contributed by atoms with E-state index in [0.29, 0.717) is 29.0 Å². The first-order chi connectivity index (χ1) is 9.41. The second-order valence-electron chi connectivity index (χ2n) is 6.02. The summed E-state index contributed by atoms with van der Waals surface area (Å²) in [7, 11) is 0. The number of rotatable bonds is 6. The molecule has 1 aliphatic rings. The van der Waals surface area contributed by atoms with Crippen molar-refractivity contribution in [2.24, 2.45) is 5.92 Å². The summed E-state index contributed by atoms with van der Waals surface area (Å²) in [5.74, 6) is 0.221. The van der Waals surface area contributed by atoms with Gasteiger partial charge in [0.1, 0.15) is 5.56 Å². The van der Waals surface area contributed by atoms with Gasteiger partial charge in [0.15, 0.2) is 5.82 Å². The van der Waals surface area contributed by atoms with Crippen LogP contribution >= 0.6 is 0 Å². The van der Waals surface area contributed by atoms with Crippen molar-refractivity contribution < 1.29 is 9.90 Å². The van der Waals surface area contributed by atoms with Crippen molar-refractivity contribution in [3.63, 3.8) is 0 Å². The van der Waals surface area contributed by atoms with Crippen molar-refractivity contribution in [3.8, 4) is 0 Å². The third-order valence-corrected chi connectivity index (χ3v) is 3.86. The van der Waals surface area contributed by atoms with E-state index < -0.39 is 5.97 Å². The van der Waals surface area contributed by atoms with Crippen LogP contribution in [0.15, 0.2) is 0 Å². The number of aryl methyl sites for hydroxylation is 1. The average molecular weight is 277 g/mol. The lowest BCUT2D eigenvalue weighted by Gasteiger charge is -2.26. The predicted molar refractivity (Wildman–Crippen MR) is 78.3 cm³/mol. The van der Waals surface area contributed by atoms with Crippen molar-refractivity contribution in [3.05, 3.63) is 16.8 Å². The molecule has 1 fully saturated rings. The second kappa shape index (κ2) is 5.77. The van der Waals surface area contributed by atoms with Crippen LogP contribution in [0.3, 0.4) is 0 Å². The SMILES string of the molecule is Cc1nnc(N(CCC(C)C)C2CC2)c(C(=O)O)c1C. The Morgan fingerprint density at radius 2 is 2.00 bits per heavy atom. The van der Waals surface area contributed by atoms with Crippen LogP contribution in [0, 0.1) is 19.8 Å². The van der Waals surface area contributed by atoms with E-state index in [1.165, 1.54) is 0 Å². The molecule has 20 heavy (non-hydrogen) atoms. The lowest BCUT2D eigenvalue weighted by molar-refractivity contribution is 0.0696. The monoisotopic (exact) mass is 277 g/mol. The Kier molecular flexibility index (Phi) is 4.26. The Morgan fingerprint density at radius 1 is 1.35 bits per heavy atom. The van der Waals surface area contributed by atoms with Gasteiger partial charge in [0.25, 0.3) is 0 Å². The van der Waals surface area contributed by atoms with E-state index in [1.54, 1.807) is 6.92 Å². The minimum absolute atomic E-state index is 0.313. The maximum absolute atomic E-state index is 11.6. The molecule has 0 amide bonds. The molecule has 1 N–H and O–H groups in total. The van der Waals surface area contributed by atoms with E-state index in [1.807, 2.05) is 6.92 Å². The second-order valence-corrected chi connectivity index (χ2v) is 6.02. The van der Waals surface area contributed by atoms with E-state index >= 15 is 0 Å². The number of anilines is 1. The third-order valence-electron chi connectivity index (χ3n) is 3.86. The molecule has 5 nitrogen and oxygen atoms in total. The molecule has 1 aromatic heterocycles. The molecule has 0 aliphatic heterocycles. The molecule has 110 valence electrons. The first kappa shape index (κ1) is 14.8. The molecule has 0 radical (unpaired) electrons. The number of carboxylic acids is 1. The normalized spacial score (nSPS) is 14.7. The van der Waals surface area contributed by atoms with Gasteiger partial charge in [0.05, 0.1) is 5.69 Å². The van der Waals surface area contributed by atoms with Gasteiger partial charge in [0, 0.05) is 12.6 Å². The Bertz CT molecular complexity index is 510. The molecular weight excluding hydrogens is 254 g/mol. The van der Waals surface area contributed by atoms with Crippen molar-refractivity contribution in [2.45, 2.75) is 53.0 Å². The number of aromatic nitrogens is 2. The molecular formula is C15H23N3O2. The van der Waals surface area contributed by atoms with E-state index in [0.717, 1.165) is 31.4 Å².